The highest BCUT2D eigenvalue weighted by Gasteiger charge is 2.42. The molecule has 5 heteroatoms. The van der Waals surface area contributed by atoms with Crippen LogP contribution in [0.4, 0.5) is 0 Å². The first kappa shape index (κ1) is 83.6. The highest BCUT2D eigenvalue weighted by Crippen LogP contribution is 2.51. The molecule has 0 radical (unpaired) electrons. The van der Waals surface area contributed by atoms with E-state index in [1.807, 2.05) is 0 Å². The Hall–Kier alpha value is -3.35. The molecule has 0 aliphatic heterocycles. The molecule has 2 atom stereocenters. The van der Waals surface area contributed by atoms with Crippen LogP contribution in [0.15, 0.2) is 0 Å². The van der Waals surface area contributed by atoms with Crippen molar-refractivity contribution in [3.8, 4) is 94.7 Å². The van der Waals surface area contributed by atoms with Gasteiger partial charge in [0, 0.05) is 28.1 Å². The SMILES string of the molecule is CC#CC#CC.CC1CCC(C2CCC(C)(C#CC#CC#CC(O)C3(C)CCC(C4CCC(C)CC4)CC3)CC2)CC1.CC1CCC(C2CCC(C)(C=O)CC2)CC1.CC1CCC(C2CCC(CC#CC#CC(O)C3(C)CCC(C4CCC(C)CC4)CC3)CC2)CC1.ClCC#CCCl. The van der Waals surface area contributed by atoms with E-state index in [0.29, 0.717) is 11.8 Å². The number of aliphatic hydroxyl groups is 2. The van der Waals surface area contributed by atoms with Crippen LogP contribution in [0.2, 0.25) is 0 Å². The number of halogens is 2. The van der Waals surface area contributed by atoms with Gasteiger partial charge in [0.1, 0.15) is 18.5 Å². The van der Waals surface area contributed by atoms with Crippen molar-refractivity contribution in [3.63, 3.8) is 0 Å². The Morgan fingerprint density at radius 1 is 0.347 bits per heavy atom. The van der Waals surface area contributed by atoms with Crippen molar-refractivity contribution in [2.75, 3.05) is 11.8 Å². The van der Waals surface area contributed by atoms with Crippen molar-refractivity contribution in [1.82, 2.24) is 0 Å². The smallest absolute Gasteiger partial charge is 0.125 e. The Bertz CT molecular complexity index is 2790. The van der Waals surface area contributed by atoms with Gasteiger partial charge in [0.2, 0.25) is 0 Å². The maximum atomic E-state index is 11.0. The number of alkyl halides is 2. The first-order valence-electron chi connectivity index (χ1n) is 40.9. The maximum absolute atomic E-state index is 11.0. The molecule has 544 valence electrons. The molecule has 0 spiro atoms. The molecular weight excluding hydrogens is 1240 g/mol. The zero-order chi connectivity index (χ0) is 70.8. The van der Waals surface area contributed by atoms with Crippen LogP contribution in [0.25, 0.3) is 0 Å². The van der Waals surface area contributed by atoms with Gasteiger partial charge in [-0.2, -0.15) is 0 Å². The fourth-order valence-corrected chi connectivity index (χ4v) is 20.0. The van der Waals surface area contributed by atoms with Gasteiger partial charge < -0.3 is 15.0 Å². The fraction of sp³-hybridized carbons (Fsp3) is 0.817. The lowest BCUT2D eigenvalue weighted by molar-refractivity contribution is -0.117. The highest BCUT2D eigenvalue weighted by molar-refractivity contribution is 6.20. The molecule has 0 aromatic rings. The summed E-state index contributed by atoms with van der Waals surface area (Å²) < 4.78 is 0. The van der Waals surface area contributed by atoms with Crippen LogP contribution in [0, 0.1) is 211 Å². The molecule has 0 heterocycles. The molecular formula is C93H140Cl2O3. The molecule has 3 nitrogen and oxygen atoms in total. The molecule has 0 aromatic heterocycles. The summed E-state index contributed by atoms with van der Waals surface area (Å²) in [5.74, 6) is 62.3. The summed E-state index contributed by atoms with van der Waals surface area (Å²) in [5, 5.41) is 21.7. The number of carbonyl (C=O) groups is 1. The predicted molar refractivity (Wildman–Crippen MR) is 419 cm³/mol. The van der Waals surface area contributed by atoms with Crippen molar-refractivity contribution in [2.24, 2.45) is 116 Å². The molecule has 10 aliphatic rings. The van der Waals surface area contributed by atoms with Crippen LogP contribution in [-0.2, 0) is 4.79 Å². The Labute approximate surface area is 615 Å². The zero-order valence-corrected chi connectivity index (χ0v) is 65.9. The van der Waals surface area contributed by atoms with Gasteiger partial charge in [0.15, 0.2) is 0 Å². The van der Waals surface area contributed by atoms with Gasteiger partial charge in [-0.3, -0.25) is 0 Å². The monoisotopic (exact) mass is 1380 g/mol. The lowest BCUT2D eigenvalue weighted by Gasteiger charge is -2.42. The van der Waals surface area contributed by atoms with Crippen molar-refractivity contribution < 1.29 is 15.0 Å². The first-order chi connectivity index (χ1) is 47.1. The summed E-state index contributed by atoms with van der Waals surface area (Å²) in [4.78, 5) is 11.0. The predicted octanol–water partition coefficient (Wildman–Crippen LogP) is 23.5. The second kappa shape index (κ2) is 44.3. The number of aldehydes is 1. The van der Waals surface area contributed by atoms with Gasteiger partial charge in [0.25, 0.3) is 0 Å². The van der Waals surface area contributed by atoms with Gasteiger partial charge in [0.05, 0.1) is 11.8 Å². The van der Waals surface area contributed by atoms with E-state index in [4.69, 9.17) is 23.2 Å². The molecule has 10 rings (SSSR count). The van der Waals surface area contributed by atoms with E-state index in [0.717, 1.165) is 140 Å². The number of rotatable bonds is 9. The third kappa shape index (κ3) is 29.1. The van der Waals surface area contributed by atoms with E-state index in [9.17, 15) is 15.0 Å². The van der Waals surface area contributed by atoms with E-state index in [-0.39, 0.29) is 21.7 Å². The molecule has 0 bridgehead atoms. The Balaban J connectivity index is 0.000000224. The summed E-state index contributed by atoms with van der Waals surface area (Å²) >= 11 is 10.3. The van der Waals surface area contributed by atoms with Gasteiger partial charge in [-0.1, -0.05) is 167 Å². The topological polar surface area (TPSA) is 57.5 Å². The molecule has 0 amide bonds. The highest BCUT2D eigenvalue weighted by atomic mass is 35.5. The van der Waals surface area contributed by atoms with Gasteiger partial charge in [-0.25, -0.2) is 0 Å². The van der Waals surface area contributed by atoms with Gasteiger partial charge in [-0.05, 0) is 355 Å². The zero-order valence-electron chi connectivity index (χ0n) is 64.4. The third-order valence-electron chi connectivity index (χ3n) is 27.9. The summed E-state index contributed by atoms with van der Waals surface area (Å²) in [6, 6.07) is 0. The van der Waals surface area contributed by atoms with Crippen LogP contribution in [0.1, 0.15) is 339 Å². The molecule has 2 unspecified atom stereocenters. The molecule has 2 N–H and O–H groups in total. The minimum absolute atomic E-state index is 0.0124. The van der Waals surface area contributed by atoms with Crippen LogP contribution >= 0.6 is 23.2 Å². The Kier molecular flexibility index (Phi) is 37.8. The van der Waals surface area contributed by atoms with Crippen LogP contribution in [0.5, 0.6) is 0 Å². The minimum Gasteiger partial charge on any atom is -0.380 e. The molecule has 0 aromatic carbocycles. The van der Waals surface area contributed by atoms with Gasteiger partial charge >= 0.3 is 0 Å². The van der Waals surface area contributed by atoms with E-state index in [1.165, 1.54) is 225 Å². The maximum Gasteiger partial charge on any atom is 0.125 e. The van der Waals surface area contributed by atoms with Gasteiger partial charge in [-0.15, -0.1) is 23.2 Å². The van der Waals surface area contributed by atoms with Crippen LogP contribution < -0.4 is 0 Å². The first-order valence-corrected chi connectivity index (χ1v) is 42.0. The second-order valence-corrected chi connectivity index (χ2v) is 36.1. The number of hydrogen-bond acceptors (Lipinski definition) is 3. The van der Waals surface area contributed by atoms with E-state index >= 15 is 0 Å². The van der Waals surface area contributed by atoms with E-state index < -0.39 is 12.2 Å². The van der Waals surface area contributed by atoms with E-state index in [2.05, 4.69) is 157 Å². The largest absolute Gasteiger partial charge is 0.380 e. The standard InChI is InChI=1S/C35H52O.C33H52O.C15H26O.C6H6.C4H4Cl2/c1-27-10-14-29(15-11-27)31-18-23-34(3,24-19-31)22-8-6-5-7-9-33(36)35(4)25-20-32(21-26-35)30-16-12-28(2)13-17-30;1-25-9-15-28(16-10-25)30-19-13-27(14-20-30)7-5-4-6-8-32(34)33(3)23-21-31(22-24-33)29-17-11-26(2)12-18-29;1-12-3-5-13(6-4-12)14-7-9-15(2,11-16)10-8-14;1-3-5-6-4-2;5-3-1-2-4-6/h27-33,36H,10-21,23-26H2,1-4H3;25-32,34H,7,9-24H2,1-3H3;11-14H,3-10H2,1-2H3;1-2H3;3-4H2. The van der Waals surface area contributed by atoms with Crippen LogP contribution in [0.3, 0.4) is 0 Å². The third-order valence-corrected chi connectivity index (χ3v) is 28.1. The lowest BCUT2D eigenvalue weighted by atomic mass is 9.63. The number of aliphatic hydroxyl groups excluding tert-OH is 2. The number of hydrogen-bond donors (Lipinski definition) is 2. The molecule has 0 saturated heterocycles. The molecule has 10 aliphatic carbocycles. The Morgan fingerprint density at radius 3 is 0.929 bits per heavy atom. The molecule has 98 heavy (non-hydrogen) atoms. The average molecular weight is 1380 g/mol. The van der Waals surface area contributed by atoms with Crippen LogP contribution in [-0.4, -0.2) is 40.5 Å². The Morgan fingerprint density at radius 2 is 0.622 bits per heavy atom. The molecule has 10 fully saturated rings. The second-order valence-electron chi connectivity index (χ2n) is 35.6. The van der Waals surface area contributed by atoms with Crippen molar-refractivity contribution >= 4 is 29.5 Å². The summed E-state index contributed by atoms with van der Waals surface area (Å²) in [6.45, 7) is 24.5. The minimum atomic E-state index is -0.581. The van der Waals surface area contributed by atoms with Crippen molar-refractivity contribution in [2.45, 2.75) is 352 Å². The molecule has 10 saturated carbocycles. The quantitative estimate of drug-likeness (QED) is 0.137. The summed E-state index contributed by atoms with van der Waals surface area (Å²) in [5.41, 5.74) is 0.00473. The van der Waals surface area contributed by atoms with Crippen molar-refractivity contribution in [1.29, 1.82) is 0 Å². The number of carbonyl (C=O) groups excluding carboxylic acids is 1. The lowest BCUT2D eigenvalue weighted by Crippen LogP contribution is -2.37. The normalized spacial score (nSPS) is 37.9. The van der Waals surface area contributed by atoms with E-state index in [1.54, 1.807) is 13.8 Å². The average Bonchev–Trinajstić information content (AvgIpc) is 0.836. The summed E-state index contributed by atoms with van der Waals surface area (Å²) in [7, 11) is 0. The fourth-order valence-electron chi connectivity index (χ4n) is 19.8. The summed E-state index contributed by atoms with van der Waals surface area (Å²) in [6.07, 6.45) is 54.9. The van der Waals surface area contributed by atoms with Crippen molar-refractivity contribution in [3.05, 3.63) is 0 Å².